The van der Waals surface area contributed by atoms with E-state index in [-0.39, 0.29) is 0 Å². The zero-order valence-electron chi connectivity index (χ0n) is 9.53. The highest BCUT2D eigenvalue weighted by molar-refractivity contribution is 9.10. The van der Waals surface area contributed by atoms with Gasteiger partial charge in [-0.3, -0.25) is 4.79 Å². The molecule has 0 bridgehead atoms. The van der Waals surface area contributed by atoms with Crippen molar-refractivity contribution in [3.8, 4) is 0 Å². The van der Waals surface area contributed by atoms with E-state index in [2.05, 4.69) is 36.3 Å². The maximum absolute atomic E-state index is 11.8. The fraction of sp³-hybridized carbons (Fsp3) is 0.182. The van der Waals surface area contributed by atoms with E-state index in [1.807, 2.05) is 0 Å². The van der Waals surface area contributed by atoms with Gasteiger partial charge in [-0.2, -0.15) is 13.2 Å². The molecule has 1 atom stereocenters. The van der Waals surface area contributed by atoms with Gasteiger partial charge in [0.15, 0.2) is 12.0 Å². The SMILES string of the molecule is O=Cc1cc(Br)co1.OC(c1cc(Br)co1)C(F)(F)F. The second-order valence-corrected chi connectivity index (χ2v) is 5.23. The minimum absolute atomic E-state index is 0.344. The van der Waals surface area contributed by atoms with Crippen molar-refractivity contribution in [1.29, 1.82) is 0 Å². The molecule has 0 aliphatic rings. The molecule has 2 aromatic heterocycles. The summed E-state index contributed by atoms with van der Waals surface area (Å²) in [6, 6.07) is 2.67. The van der Waals surface area contributed by atoms with Gasteiger partial charge in [0.25, 0.3) is 0 Å². The Morgan fingerprint density at radius 2 is 1.70 bits per heavy atom. The highest BCUT2D eigenvalue weighted by atomic mass is 79.9. The number of carbonyl (C=O) groups excluding carboxylic acids is 1. The molecule has 2 aromatic rings. The third kappa shape index (κ3) is 5.14. The van der Waals surface area contributed by atoms with E-state index in [1.165, 1.54) is 6.26 Å². The number of halogens is 5. The van der Waals surface area contributed by atoms with Crippen LogP contribution >= 0.6 is 31.9 Å². The molecule has 0 aliphatic carbocycles. The molecule has 0 aliphatic heterocycles. The van der Waals surface area contributed by atoms with Crippen LogP contribution in [0.4, 0.5) is 13.2 Å². The van der Waals surface area contributed by atoms with Gasteiger partial charge >= 0.3 is 6.18 Å². The molecule has 1 unspecified atom stereocenters. The van der Waals surface area contributed by atoms with Crippen molar-refractivity contribution < 1.29 is 31.9 Å². The molecule has 0 amide bonds. The lowest BCUT2D eigenvalue weighted by atomic mass is 10.3. The monoisotopic (exact) mass is 418 g/mol. The lowest BCUT2D eigenvalue weighted by Crippen LogP contribution is -2.19. The van der Waals surface area contributed by atoms with Crippen molar-refractivity contribution in [3.05, 3.63) is 45.1 Å². The molecule has 1 N–H and O–H groups in total. The molecule has 0 fully saturated rings. The Balaban J connectivity index is 0.000000217. The van der Waals surface area contributed by atoms with Gasteiger partial charge in [-0.05, 0) is 37.9 Å². The van der Waals surface area contributed by atoms with Crippen molar-refractivity contribution in [2.24, 2.45) is 0 Å². The van der Waals surface area contributed by atoms with Gasteiger partial charge in [0.1, 0.15) is 18.3 Å². The van der Waals surface area contributed by atoms with E-state index in [1.54, 1.807) is 6.07 Å². The number of aldehydes is 1. The summed E-state index contributed by atoms with van der Waals surface area (Å²) in [5.74, 6) is -0.175. The maximum Gasteiger partial charge on any atom is 0.421 e. The average molecular weight is 420 g/mol. The molecule has 4 nitrogen and oxygen atoms in total. The number of hydrogen-bond donors (Lipinski definition) is 1. The minimum atomic E-state index is -4.68. The fourth-order valence-corrected chi connectivity index (χ4v) is 1.66. The number of alkyl halides is 3. The minimum Gasteiger partial charge on any atom is -0.465 e. The van der Waals surface area contributed by atoms with Crippen LogP contribution < -0.4 is 0 Å². The van der Waals surface area contributed by atoms with E-state index >= 15 is 0 Å². The van der Waals surface area contributed by atoms with Gasteiger partial charge < -0.3 is 13.9 Å². The van der Waals surface area contributed by atoms with E-state index in [4.69, 9.17) is 9.52 Å². The molecule has 9 heteroatoms. The number of aliphatic hydroxyl groups excluding tert-OH is 1. The highest BCUT2D eigenvalue weighted by Crippen LogP contribution is 2.33. The van der Waals surface area contributed by atoms with Crippen molar-refractivity contribution in [3.63, 3.8) is 0 Å². The van der Waals surface area contributed by atoms with Gasteiger partial charge in [0, 0.05) is 6.07 Å². The van der Waals surface area contributed by atoms with Crippen molar-refractivity contribution in [2.45, 2.75) is 12.3 Å². The van der Waals surface area contributed by atoms with Crippen LogP contribution in [0.25, 0.3) is 0 Å². The zero-order valence-corrected chi connectivity index (χ0v) is 12.7. The molecular formula is C11H7Br2F3O4. The van der Waals surface area contributed by atoms with E-state index < -0.39 is 18.0 Å². The number of hydrogen-bond acceptors (Lipinski definition) is 4. The number of rotatable bonds is 2. The Bertz CT molecular complexity index is 562. The Morgan fingerprint density at radius 1 is 1.15 bits per heavy atom. The number of aliphatic hydroxyl groups is 1. The smallest absolute Gasteiger partial charge is 0.421 e. The summed E-state index contributed by atoms with van der Waals surface area (Å²) in [5.41, 5.74) is 0. The molecule has 0 saturated heterocycles. The summed E-state index contributed by atoms with van der Waals surface area (Å²) in [5, 5.41) is 8.63. The topological polar surface area (TPSA) is 63.6 Å². The van der Waals surface area contributed by atoms with E-state index in [0.717, 1.165) is 16.8 Å². The van der Waals surface area contributed by atoms with Crippen LogP contribution in [-0.4, -0.2) is 17.6 Å². The van der Waals surface area contributed by atoms with Crippen molar-refractivity contribution >= 4 is 38.1 Å². The van der Waals surface area contributed by atoms with Crippen LogP contribution in [-0.2, 0) is 0 Å². The van der Waals surface area contributed by atoms with Gasteiger partial charge in [-0.25, -0.2) is 0 Å². The molecule has 0 spiro atoms. The average Bonchev–Trinajstić information content (AvgIpc) is 2.96. The summed E-state index contributed by atoms with van der Waals surface area (Å²) in [6.45, 7) is 0. The molecule has 110 valence electrons. The van der Waals surface area contributed by atoms with E-state index in [9.17, 15) is 18.0 Å². The summed E-state index contributed by atoms with van der Waals surface area (Å²) in [4.78, 5) is 9.91. The largest absolute Gasteiger partial charge is 0.465 e. The lowest BCUT2D eigenvalue weighted by Gasteiger charge is -2.10. The first-order chi connectivity index (χ1) is 9.24. The zero-order chi connectivity index (χ0) is 15.3. The second-order valence-electron chi connectivity index (χ2n) is 3.40. The Morgan fingerprint density at radius 3 is 2.00 bits per heavy atom. The Kier molecular flexibility index (Phi) is 6.03. The summed E-state index contributed by atoms with van der Waals surface area (Å²) in [6.07, 6.45) is -4.04. The van der Waals surface area contributed by atoms with Crippen LogP contribution in [0.1, 0.15) is 22.4 Å². The maximum atomic E-state index is 11.8. The number of furan rings is 2. The summed E-state index contributed by atoms with van der Waals surface area (Å²) >= 11 is 6.02. The standard InChI is InChI=1S/C6H4BrF3O2.C5H3BrO2/c7-3-1-4(12-2-3)5(11)6(8,9)10;6-4-1-5(2-7)8-3-4/h1-2,5,11H;1-3H. The van der Waals surface area contributed by atoms with Crippen LogP contribution in [0.15, 0.2) is 42.4 Å². The molecule has 2 heterocycles. The van der Waals surface area contributed by atoms with E-state index in [0.29, 0.717) is 16.5 Å². The summed E-state index contributed by atoms with van der Waals surface area (Å²) < 4.78 is 45.7. The third-order valence-electron chi connectivity index (χ3n) is 1.87. The van der Waals surface area contributed by atoms with Crippen LogP contribution in [0.2, 0.25) is 0 Å². The Hall–Kier alpha value is -1.06. The first-order valence-electron chi connectivity index (χ1n) is 4.92. The Labute approximate surface area is 127 Å². The number of carbonyl (C=O) groups is 1. The quantitative estimate of drug-likeness (QED) is 0.728. The van der Waals surface area contributed by atoms with Gasteiger partial charge in [0.05, 0.1) is 8.95 Å². The summed E-state index contributed by atoms with van der Waals surface area (Å²) in [7, 11) is 0. The van der Waals surface area contributed by atoms with Crippen molar-refractivity contribution in [2.75, 3.05) is 0 Å². The molecule has 20 heavy (non-hydrogen) atoms. The van der Waals surface area contributed by atoms with Crippen molar-refractivity contribution in [1.82, 2.24) is 0 Å². The molecule has 0 aromatic carbocycles. The van der Waals surface area contributed by atoms with Gasteiger partial charge in [-0.15, -0.1) is 0 Å². The van der Waals surface area contributed by atoms with Crippen LogP contribution in [0.3, 0.4) is 0 Å². The molecular weight excluding hydrogens is 413 g/mol. The molecule has 0 saturated carbocycles. The highest BCUT2D eigenvalue weighted by Gasteiger charge is 2.41. The normalized spacial score (nSPS) is 12.5. The van der Waals surface area contributed by atoms with Crippen LogP contribution in [0, 0.1) is 0 Å². The predicted molar refractivity (Wildman–Crippen MR) is 69.2 cm³/mol. The first kappa shape index (κ1) is 17.0. The first-order valence-corrected chi connectivity index (χ1v) is 6.50. The van der Waals surface area contributed by atoms with Crippen LogP contribution in [0.5, 0.6) is 0 Å². The van der Waals surface area contributed by atoms with Gasteiger partial charge in [-0.1, -0.05) is 0 Å². The third-order valence-corrected chi connectivity index (χ3v) is 2.70. The second kappa shape index (κ2) is 7.09. The molecule has 2 rings (SSSR count). The lowest BCUT2D eigenvalue weighted by molar-refractivity contribution is -0.211. The van der Waals surface area contributed by atoms with Gasteiger partial charge in [0.2, 0.25) is 6.10 Å². The fourth-order valence-electron chi connectivity index (χ4n) is 1.02. The molecule has 0 radical (unpaired) electrons. The predicted octanol–water partition coefficient (Wildman–Crippen LogP) is 4.49.